The Hall–Kier alpha value is -2.01. The molecule has 0 atom stereocenters. The molecule has 1 aromatic heterocycles. The second-order valence-corrected chi connectivity index (χ2v) is 3.97. The van der Waals surface area contributed by atoms with Gasteiger partial charge in [-0.1, -0.05) is 17.7 Å². The van der Waals surface area contributed by atoms with Crippen LogP contribution in [0.5, 0.6) is 0 Å². The Morgan fingerprint density at radius 1 is 1.53 bits per heavy atom. The van der Waals surface area contributed by atoms with E-state index in [1.807, 2.05) is 0 Å². The van der Waals surface area contributed by atoms with Crippen molar-refractivity contribution in [3.05, 3.63) is 41.0 Å². The van der Waals surface area contributed by atoms with E-state index in [0.29, 0.717) is 22.1 Å². The van der Waals surface area contributed by atoms with Gasteiger partial charge in [0, 0.05) is 17.6 Å². The molecular formula is C11H11ClN4O. The fraction of sp³-hybridized carbons (Fsp3) is 0.0909. The maximum absolute atomic E-state index is 11.9. The minimum atomic E-state index is -0.275. The average molecular weight is 251 g/mol. The molecule has 1 heterocycles. The first-order valence-electron chi connectivity index (χ1n) is 4.92. The molecule has 2 rings (SSSR count). The summed E-state index contributed by atoms with van der Waals surface area (Å²) in [6.07, 6.45) is 1.48. The summed E-state index contributed by atoms with van der Waals surface area (Å²) in [6, 6.07) is 6.68. The standard InChI is InChI=1S/C11H11ClN4O/c1-16-10(9(13)6-14-16)15-11(17)7-3-2-4-8(12)5-7/h2-6H,13H2,1H3,(H,15,17). The second-order valence-electron chi connectivity index (χ2n) is 3.54. The lowest BCUT2D eigenvalue weighted by Gasteiger charge is -2.06. The number of hydrogen-bond acceptors (Lipinski definition) is 3. The van der Waals surface area contributed by atoms with Crippen molar-refractivity contribution < 1.29 is 4.79 Å². The topological polar surface area (TPSA) is 72.9 Å². The van der Waals surface area contributed by atoms with Gasteiger partial charge in [-0.2, -0.15) is 5.10 Å². The summed E-state index contributed by atoms with van der Waals surface area (Å²) in [5, 5.41) is 7.12. The smallest absolute Gasteiger partial charge is 0.256 e. The highest BCUT2D eigenvalue weighted by atomic mass is 35.5. The molecule has 0 aliphatic rings. The SMILES string of the molecule is Cn1ncc(N)c1NC(=O)c1cccc(Cl)c1. The number of nitrogens with one attached hydrogen (secondary N) is 1. The molecule has 0 aliphatic carbocycles. The Kier molecular flexibility index (Phi) is 3.01. The molecule has 2 aromatic rings. The third-order valence-corrected chi connectivity index (χ3v) is 2.52. The van der Waals surface area contributed by atoms with Crippen LogP contribution in [-0.4, -0.2) is 15.7 Å². The predicted molar refractivity (Wildman–Crippen MR) is 67.0 cm³/mol. The Balaban J connectivity index is 2.23. The fourth-order valence-corrected chi connectivity index (χ4v) is 1.61. The van der Waals surface area contributed by atoms with Crippen LogP contribution in [0.2, 0.25) is 5.02 Å². The molecule has 0 saturated heterocycles. The second kappa shape index (κ2) is 4.47. The van der Waals surface area contributed by atoms with Gasteiger partial charge in [-0.15, -0.1) is 0 Å². The lowest BCUT2D eigenvalue weighted by molar-refractivity contribution is 0.102. The number of nitrogens with zero attached hydrogens (tertiary/aromatic N) is 2. The lowest BCUT2D eigenvalue weighted by Crippen LogP contribution is -2.15. The van der Waals surface area contributed by atoms with Crippen LogP contribution in [-0.2, 0) is 7.05 Å². The van der Waals surface area contributed by atoms with Gasteiger partial charge in [0.2, 0.25) is 0 Å². The van der Waals surface area contributed by atoms with Crippen molar-refractivity contribution in [2.75, 3.05) is 11.1 Å². The predicted octanol–water partition coefficient (Wildman–Crippen LogP) is 1.91. The summed E-state index contributed by atoms with van der Waals surface area (Å²) in [4.78, 5) is 11.9. The molecule has 0 saturated carbocycles. The Morgan fingerprint density at radius 3 is 2.88 bits per heavy atom. The molecule has 0 bridgehead atoms. The van der Waals surface area contributed by atoms with Crippen LogP contribution in [0.3, 0.4) is 0 Å². The first-order valence-corrected chi connectivity index (χ1v) is 5.30. The zero-order valence-corrected chi connectivity index (χ0v) is 9.90. The van der Waals surface area contributed by atoms with Gasteiger partial charge in [0.15, 0.2) is 5.82 Å². The zero-order chi connectivity index (χ0) is 12.4. The highest BCUT2D eigenvalue weighted by molar-refractivity contribution is 6.31. The normalized spacial score (nSPS) is 10.2. The van der Waals surface area contributed by atoms with Crippen LogP contribution in [0.15, 0.2) is 30.5 Å². The van der Waals surface area contributed by atoms with Crippen molar-refractivity contribution in [1.82, 2.24) is 9.78 Å². The van der Waals surface area contributed by atoms with E-state index in [2.05, 4.69) is 10.4 Å². The van der Waals surface area contributed by atoms with Gasteiger partial charge >= 0.3 is 0 Å². The maximum atomic E-state index is 11.9. The number of hydrogen-bond donors (Lipinski definition) is 2. The van der Waals surface area contributed by atoms with E-state index in [1.54, 1.807) is 31.3 Å². The molecule has 1 aromatic carbocycles. The zero-order valence-electron chi connectivity index (χ0n) is 9.14. The highest BCUT2D eigenvalue weighted by Gasteiger charge is 2.11. The first kappa shape index (κ1) is 11.5. The monoisotopic (exact) mass is 250 g/mol. The molecule has 17 heavy (non-hydrogen) atoms. The molecule has 0 fully saturated rings. The van der Waals surface area contributed by atoms with Gasteiger partial charge in [-0.3, -0.25) is 9.48 Å². The van der Waals surface area contributed by atoms with Crippen molar-refractivity contribution in [3.63, 3.8) is 0 Å². The summed E-state index contributed by atoms with van der Waals surface area (Å²) >= 11 is 5.81. The summed E-state index contributed by atoms with van der Waals surface area (Å²) in [5.41, 5.74) is 6.56. The first-order chi connectivity index (χ1) is 8.08. The van der Waals surface area contributed by atoms with Gasteiger partial charge in [0.25, 0.3) is 5.91 Å². The third kappa shape index (κ3) is 2.39. The van der Waals surface area contributed by atoms with Gasteiger partial charge in [0.05, 0.1) is 11.9 Å². The van der Waals surface area contributed by atoms with Crippen LogP contribution >= 0.6 is 11.6 Å². The molecule has 88 valence electrons. The van der Waals surface area contributed by atoms with Crippen LogP contribution in [0.25, 0.3) is 0 Å². The molecule has 6 heteroatoms. The quantitative estimate of drug-likeness (QED) is 0.855. The van der Waals surface area contributed by atoms with Crippen LogP contribution in [0, 0.1) is 0 Å². The number of halogens is 1. The molecule has 0 aliphatic heterocycles. The minimum absolute atomic E-state index is 0.275. The average Bonchev–Trinajstić information content (AvgIpc) is 2.61. The van der Waals surface area contributed by atoms with E-state index in [-0.39, 0.29) is 5.91 Å². The molecule has 5 nitrogen and oxygen atoms in total. The number of aromatic nitrogens is 2. The van der Waals surface area contributed by atoms with E-state index < -0.39 is 0 Å². The number of anilines is 2. The molecule has 3 N–H and O–H groups in total. The van der Waals surface area contributed by atoms with Crippen LogP contribution in [0.1, 0.15) is 10.4 Å². The Labute approximate surface area is 103 Å². The number of benzene rings is 1. The summed E-state index contributed by atoms with van der Waals surface area (Å²) in [6.45, 7) is 0. The van der Waals surface area contributed by atoms with Gasteiger partial charge in [-0.05, 0) is 18.2 Å². The number of aryl methyl sites for hydroxylation is 1. The maximum Gasteiger partial charge on any atom is 0.256 e. The van der Waals surface area contributed by atoms with Gasteiger partial charge < -0.3 is 11.1 Å². The third-order valence-electron chi connectivity index (χ3n) is 2.29. The van der Waals surface area contributed by atoms with Crippen molar-refractivity contribution in [2.24, 2.45) is 7.05 Å². The van der Waals surface area contributed by atoms with E-state index in [0.717, 1.165) is 0 Å². The summed E-state index contributed by atoms with van der Waals surface area (Å²) in [7, 11) is 1.70. The van der Waals surface area contributed by atoms with E-state index in [1.165, 1.54) is 10.9 Å². The number of carbonyl (C=O) groups is 1. The molecule has 0 unspecified atom stereocenters. The Morgan fingerprint density at radius 2 is 2.29 bits per heavy atom. The number of amides is 1. The van der Waals surface area contributed by atoms with Gasteiger partial charge in [0.1, 0.15) is 0 Å². The Bertz CT molecular complexity index is 545. The number of rotatable bonds is 2. The summed E-state index contributed by atoms with van der Waals surface area (Å²) < 4.78 is 1.50. The van der Waals surface area contributed by atoms with Crippen LogP contribution < -0.4 is 11.1 Å². The van der Waals surface area contributed by atoms with E-state index >= 15 is 0 Å². The largest absolute Gasteiger partial charge is 0.394 e. The molecule has 0 spiro atoms. The van der Waals surface area contributed by atoms with Crippen molar-refractivity contribution in [2.45, 2.75) is 0 Å². The number of carbonyl (C=O) groups excluding carboxylic acids is 1. The molecule has 1 amide bonds. The minimum Gasteiger partial charge on any atom is -0.394 e. The molecule has 0 radical (unpaired) electrons. The van der Waals surface area contributed by atoms with Crippen molar-refractivity contribution in [1.29, 1.82) is 0 Å². The highest BCUT2D eigenvalue weighted by Crippen LogP contribution is 2.18. The summed E-state index contributed by atoms with van der Waals surface area (Å²) in [5.74, 6) is 0.192. The van der Waals surface area contributed by atoms with Crippen molar-refractivity contribution >= 4 is 29.0 Å². The van der Waals surface area contributed by atoms with E-state index in [9.17, 15) is 4.79 Å². The number of nitrogen functional groups attached to an aromatic ring is 1. The lowest BCUT2D eigenvalue weighted by atomic mass is 10.2. The fourth-order valence-electron chi connectivity index (χ4n) is 1.42. The van der Waals surface area contributed by atoms with Crippen molar-refractivity contribution in [3.8, 4) is 0 Å². The molecular weight excluding hydrogens is 240 g/mol. The van der Waals surface area contributed by atoms with Gasteiger partial charge in [-0.25, -0.2) is 0 Å². The number of nitrogens with two attached hydrogens (primary N) is 1. The van der Waals surface area contributed by atoms with Crippen LogP contribution in [0.4, 0.5) is 11.5 Å². The van der Waals surface area contributed by atoms with E-state index in [4.69, 9.17) is 17.3 Å².